The van der Waals surface area contributed by atoms with Crippen LogP contribution in [0, 0.1) is 0 Å². The first-order chi connectivity index (χ1) is 11.7. The molecule has 7 heteroatoms. The molecule has 6 nitrogen and oxygen atoms in total. The molecule has 0 radical (unpaired) electrons. The fourth-order valence-corrected chi connectivity index (χ4v) is 3.23. The maximum Gasteiger partial charge on any atom is 0.239 e. The van der Waals surface area contributed by atoms with Gasteiger partial charge >= 0.3 is 0 Å². The van der Waals surface area contributed by atoms with E-state index in [2.05, 4.69) is 10.4 Å². The van der Waals surface area contributed by atoms with Gasteiger partial charge in [0.25, 0.3) is 0 Å². The highest BCUT2D eigenvalue weighted by Gasteiger charge is 2.25. The minimum absolute atomic E-state index is 0.0868. The summed E-state index contributed by atoms with van der Waals surface area (Å²) < 4.78 is 1.71. The van der Waals surface area contributed by atoms with Gasteiger partial charge in [0.15, 0.2) is 0 Å². The molecule has 1 aliphatic rings. The predicted octanol–water partition coefficient (Wildman–Crippen LogP) is 1.98. The lowest BCUT2D eigenvalue weighted by Gasteiger charge is -2.21. The van der Waals surface area contributed by atoms with Gasteiger partial charge in [0.2, 0.25) is 5.91 Å². The molecule has 2 heterocycles. The standard InChI is InChI=1S/C17H21ClN4O2/c18-15-6-2-1-4-13(15)10-22-16(7-8-19-22)20-17(24)11-21-9-3-5-14(21)12-23/h1-2,4,6-8,14,23H,3,5,9-12H2,(H,20,24)/t14-/m1/s1. The summed E-state index contributed by atoms with van der Waals surface area (Å²) in [5, 5.41) is 17.2. The Labute approximate surface area is 146 Å². The van der Waals surface area contributed by atoms with Crippen molar-refractivity contribution < 1.29 is 9.90 Å². The fourth-order valence-electron chi connectivity index (χ4n) is 3.03. The van der Waals surface area contributed by atoms with Crippen LogP contribution in [0.15, 0.2) is 36.5 Å². The Morgan fingerprint density at radius 3 is 3.00 bits per heavy atom. The number of aliphatic hydroxyl groups is 1. The number of nitrogens with one attached hydrogen (secondary N) is 1. The number of anilines is 1. The van der Waals surface area contributed by atoms with Crippen LogP contribution in [-0.4, -0.2) is 51.4 Å². The largest absolute Gasteiger partial charge is 0.395 e. The van der Waals surface area contributed by atoms with Crippen LogP contribution in [0.3, 0.4) is 0 Å². The number of carbonyl (C=O) groups excluding carboxylic acids is 1. The van der Waals surface area contributed by atoms with Crippen molar-refractivity contribution in [2.75, 3.05) is 25.0 Å². The summed E-state index contributed by atoms with van der Waals surface area (Å²) >= 11 is 6.19. The number of halogens is 1. The van der Waals surface area contributed by atoms with E-state index >= 15 is 0 Å². The Hall–Kier alpha value is -1.89. The number of carbonyl (C=O) groups is 1. The minimum atomic E-state index is -0.101. The fraction of sp³-hybridized carbons (Fsp3) is 0.412. The summed E-state index contributed by atoms with van der Waals surface area (Å²) in [5.41, 5.74) is 0.943. The molecule has 1 fully saturated rings. The van der Waals surface area contributed by atoms with Crippen molar-refractivity contribution >= 4 is 23.3 Å². The molecular formula is C17H21ClN4O2. The second-order valence-corrected chi connectivity index (χ2v) is 6.37. The first-order valence-corrected chi connectivity index (χ1v) is 8.45. The van der Waals surface area contributed by atoms with Gasteiger partial charge in [-0.15, -0.1) is 0 Å². The van der Waals surface area contributed by atoms with Crippen LogP contribution >= 0.6 is 11.6 Å². The number of hydrogen-bond acceptors (Lipinski definition) is 4. The summed E-state index contributed by atoms with van der Waals surface area (Å²) in [4.78, 5) is 14.3. The summed E-state index contributed by atoms with van der Waals surface area (Å²) in [6.07, 6.45) is 3.61. The van der Waals surface area contributed by atoms with Gasteiger partial charge in [-0.05, 0) is 31.0 Å². The summed E-state index contributed by atoms with van der Waals surface area (Å²) in [6.45, 7) is 1.71. The SMILES string of the molecule is O=C(CN1CCC[C@@H]1CO)Nc1ccnn1Cc1ccccc1Cl. The zero-order valence-corrected chi connectivity index (χ0v) is 14.1. The van der Waals surface area contributed by atoms with Crippen LogP contribution in [0.4, 0.5) is 5.82 Å². The molecule has 0 unspecified atom stereocenters. The summed E-state index contributed by atoms with van der Waals surface area (Å²) in [7, 11) is 0. The molecule has 2 aromatic rings. The maximum atomic E-state index is 12.3. The molecule has 2 N–H and O–H groups in total. The maximum absolute atomic E-state index is 12.3. The van der Waals surface area contributed by atoms with Crippen molar-refractivity contribution in [1.82, 2.24) is 14.7 Å². The molecule has 128 valence electrons. The zero-order valence-electron chi connectivity index (χ0n) is 13.4. The van der Waals surface area contributed by atoms with Crippen molar-refractivity contribution in [3.05, 3.63) is 47.1 Å². The van der Waals surface area contributed by atoms with Crippen molar-refractivity contribution in [1.29, 1.82) is 0 Å². The highest BCUT2D eigenvalue weighted by atomic mass is 35.5. The highest BCUT2D eigenvalue weighted by molar-refractivity contribution is 6.31. The molecule has 1 aromatic heterocycles. The average molecular weight is 349 g/mol. The number of hydrogen-bond donors (Lipinski definition) is 2. The number of benzene rings is 1. The molecule has 1 aliphatic heterocycles. The van der Waals surface area contributed by atoms with Gasteiger partial charge < -0.3 is 10.4 Å². The van der Waals surface area contributed by atoms with E-state index in [-0.39, 0.29) is 25.1 Å². The van der Waals surface area contributed by atoms with E-state index in [0.717, 1.165) is 24.9 Å². The Morgan fingerprint density at radius 2 is 2.21 bits per heavy atom. The lowest BCUT2D eigenvalue weighted by molar-refractivity contribution is -0.117. The molecule has 24 heavy (non-hydrogen) atoms. The first-order valence-electron chi connectivity index (χ1n) is 8.07. The summed E-state index contributed by atoms with van der Waals surface area (Å²) in [6, 6.07) is 9.43. The molecule has 1 amide bonds. The molecule has 0 aliphatic carbocycles. The third-order valence-electron chi connectivity index (χ3n) is 4.32. The highest BCUT2D eigenvalue weighted by Crippen LogP contribution is 2.19. The third-order valence-corrected chi connectivity index (χ3v) is 4.69. The van der Waals surface area contributed by atoms with Crippen LogP contribution < -0.4 is 5.32 Å². The third kappa shape index (κ3) is 3.95. The van der Waals surface area contributed by atoms with Gasteiger partial charge in [0, 0.05) is 17.1 Å². The average Bonchev–Trinajstić information content (AvgIpc) is 3.19. The van der Waals surface area contributed by atoms with E-state index in [1.54, 1.807) is 16.9 Å². The van der Waals surface area contributed by atoms with E-state index in [1.165, 1.54) is 0 Å². The first kappa shape index (κ1) is 17.0. The predicted molar refractivity (Wildman–Crippen MR) is 93.1 cm³/mol. The van der Waals surface area contributed by atoms with Crippen molar-refractivity contribution in [2.24, 2.45) is 0 Å². The lowest BCUT2D eigenvalue weighted by atomic mass is 10.2. The topological polar surface area (TPSA) is 70.4 Å². The molecule has 1 saturated heterocycles. The molecule has 1 aromatic carbocycles. The minimum Gasteiger partial charge on any atom is -0.395 e. The summed E-state index contributed by atoms with van der Waals surface area (Å²) in [5.74, 6) is 0.538. The molecule has 3 rings (SSSR count). The quantitative estimate of drug-likeness (QED) is 0.837. The van der Waals surface area contributed by atoms with Gasteiger partial charge in [-0.25, -0.2) is 4.68 Å². The van der Waals surface area contributed by atoms with Gasteiger partial charge in [-0.3, -0.25) is 9.69 Å². The number of aliphatic hydroxyl groups excluding tert-OH is 1. The normalized spacial score (nSPS) is 18.0. The number of amides is 1. The molecule has 0 saturated carbocycles. The van der Waals surface area contributed by atoms with Crippen LogP contribution in [0.2, 0.25) is 5.02 Å². The van der Waals surface area contributed by atoms with Crippen LogP contribution in [-0.2, 0) is 11.3 Å². The molecule has 0 bridgehead atoms. The van der Waals surface area contributed by atoms with Gasteiger partial charge in [0.1, 0.15) is 5.82 Å². The molecular weight excluding hydrogens is 328 g/mol. The monoisotopic (exact) mass is 348 g/mol. The van der Waals surface area contributed by atoms with E-state index < -0.39 is 0 Å². The number of nitrogens with zero attached hydrogens (tertiary/aromatic N) is 3. The van der Waals surface area contributed by atoms with Crippen molar-refractivity contribution in [3.63, 3.8) is 0 Å². The van der Waals surface area contributed by atoms with Gasteiger partial charge in [-0.2, -0.15) is 5.10 Å². The molecule has 0 spiro atoms. The van der Waals surface area contributed by atoms with Crippen LogP contribution in [0.5, 0.6) is 0 Å². The Kier molecular flexibility index (Phi) is 5.50. The second-order valence-electron chi connectivity index (χ2n) is 5.96. The Balaban J connectivity index is 1.63. The van der Waals surface area contributed by atoms with Crippen molar-refractivity contribution in [3.8, 4) is 0 Å². The van der Waals surface area contributed by atoms with E-state index in [1.807, 2.05) is 29.2 Å². The smallest absolute Gasteiger partial charge is 0.239 e. The lowest BCUT2D eigenvalue weighted by Crippen LogP contribution is -2.38. The number of aromatic nitrogens is 2. The second kappa shape index (κ2) is 7.79. The van der Waals surface area contributed by atoms with E-state index in [9.17, 15) is 9.90 Å². The number of likely N-dealkylation sites (tertiary alicyclic amines) is 1. The van der Waals surface area contributed by atoms with E-state index in [0.29, 0.717) is 17.4 Å². The number of rotatable bonds is 6. The Bertz CT molecular complexity index is 703. The van der Waals surface area contributed by atoms with Gasteiger partial charge in [-0.1, -0.05) is 29.8 Å². The van der Waals surface area contributed by atoms with E-state index in [4.69, 9.17) is 11.6 Å². The molecule has 1 atom stereocenters. The van der Waals surface area contributed by atoms with Crippen molar-refractivity contribution in [2.45, 2.75) is 25.4 Å². The Morgan fingerprint density at radius 1 is 1.38 bits per heavy atom. The van der Waals surface area contributed by atoms with Crippen LogP contribution in [0.1, 0.15) is 18.4 Å². The van der Waals surface area contributed by atoms with Crippen LogP contribution in [0.25, 0.3) is 0 Å². The van der Waals surface area contributed by atoms with Gasteiger partial charge in [0.05, 0.1) is 25.9 Å². The zero-order chi connectivity index (χ0) is 16.9.